The van der Waals surface area contributed by atoms with Crippen LogP contribution < -0.4 is 5.32 Å². The first kappa shape index (κ1) is 16.6. The summed E-state index contributed by atoms with van der Waals surface area (Å²) in [7, 11) is 0. The Labute approximate surface area is 171 Å². The van der Waals surface area contributed by atoms with Gasteiger partial charge < -0.3 is 9.73 Å². The lowest BCUT2D eigenvalue weighted by Crippen LogP contribution is -2.36. The number of nitrogens with one attached hydrogen (secondary N) is 2. The molecule has 2 fully saturated rings. The van der Waals surface area contributed by atoms with Crippen molar-refractivity contribution in [3.05, 3.63) is 59.9 Å². The van der Waals surface area contributed by atoms with Gasteiger partial charge in [-0.1, -0.05) is 12.1 Å². The highest BCUT2D eigenvalue weighted by Gasteiger charge is 2.54. The first-order chi connectivity index (χ1) is 14.8. The van der Waals surface area contributed by atoms with Crippen molar-refractivity contribution < 1.29 is 8.81 Å². The number of benzene rings is 2. The van der Waals surface area contributed by atoms with Gasteiger partial charge >= 0.3 is 0 Å². The van der Waals surface area contributed by atoms with Crippen LogP contribution in [0.3, 0.4) is 0 Å². The maximum absolute atomic E-state index is 15.2. The molecule has 7 rings (SSSR count). The van der Waals surface area contributed by atoms with Crippen LogP contribution in [-0.4, -0.2) is 20.4 Å². The number of nitrogens with zero attached hydrogens (tertiary/aromatic N) is 3. The number of hydrogen-bond donors (Lipinski definition) is 2. The van der Waals surface area contributed by atoms with E-state index in [1.54, 1.807) is 6.07 Å². The fourth-order valence-electron chi connectivity index (χ4n) is 6.51. The minimum absolute atomic E-state index is 0.0911. The second kappa shape index (κ2) is 5.90. The van der Waals surface area contributed by atoms with Crippen LogP contribution in [0.15, 0.2) is 47.3 Å². The number of H-pyrrole nitrogens is 1. The number of rotatable bonds is 2. The molecule has 0 radical (unpaired) electrons. The monoisotopic (exact) mass is 401 g/mol. The zero-order valence-corrected chi connectivity index (χ0v) is 16.2. The molecule has 0 saturated heterocycles. The molecule has 3 aliphatic rings. The van der Waals surface area contributed by atoms with Crippen LogP contribution in [0.5, 0.6) is 0 Å². The predicted molar refractivity (Wildman–Crippen MR) is 109 cm³/mol. The number of anilines is 1. The summed E-state index contributed by atoms with van der Waals surface area (Å²) in [6, 6.07) is 9.90. The van der Waals surface area contributed by atoms with Crippen molar-refractivity contribution in [3.63, 3.8) is 0 Å². The van der Waals surface area contributed by atoms with Crippen LogP contribution in [0, 0.1) is 23.6 Å². The summed E-state index contributed by atoms with van der Waals surface area (Å²) in [5.74, 6) is 2.44. The molecule has 7 heteroatoms. The van der Waals surface area contributed by atoms with E-state index in [0.29, 0.717) is 35.2 Å². The van der Waals surface area contributed by atoms with Gasteiger partial charge in [-0.15, -0.1) is 10.2 Å². The molecule has 1 aliphatic heterocycles. The van der Waals surface area contributed by atoms with Crippen LogP contribution in [-0.2, 0) is 0 Å². The van der Waals surface area contributed by atoms with E-state index in [9.17, 15) is 0 Å². The third kappa shape index (κ3) is 2.15. The van der Waals surface area contributed by atoms with Gasteiger partial charge in [-0.25, -0.2) is 4.39 Å². The summed E-state index contributed by atoms with van der Waals surface area (Å²) in [4.78, 5) is 0. The van der Waals surface area contributed by atoms with Crippen LogP contribution in [0.2, 0.25) is 0 Å². The van der Waals surface area contributed by atoms with Gasteiger partial charge in [0.05, 0.1) is 23.4 Å². The highest BCUT2D eigenvalue weighted by molar-refractivity contribution is 5.89. The molecular formula is C23H20FN5O. The molecule has 2 aromatic carbocycles. The standard InChI is InChI=1S/C23H20FN5O/c24-16-8-17-15(9-25-28-17)20-18-13-5-6-14(7-13)19(18)21(27-22(16)20)11-1-3-12(4-2-11)23-29-26-10-30-23/h1-4,8-10,13-14,18-19,21,27H,5-7H2,(H,25,28). The fourth-order valence-corrected chi connectivity index (χ4v) is 6.51. The van der Waals surface area contributed by atoms with E-state index >= 15 is 4.39 Å². The SMILES string of the molecule is Fc1cc2[nH]ncc2c2c1NC(c1ccc(-c3nnco3)cc1)C1C3CCC(C3)C21. The molecule has 30 heavy (non-hydrogen) atoms. The number of aromatic amines is 1. The number of halogens is 1. The Morgan fingerprint density at radius 3 is 2.80 bits per heavy atom. The third-order valence-electron chi connectivity index (χ3n) is 7.61. The van der Waals surface area contributed by atoms with Crippen molar-refractivity contribution in [3.8, 4) is 11.5 Å². The van der Waals surface area contributed by atoms with E-state index < -0.39 is 0 Å². The lowest BCUT2D eigenvalue weighted by Gasteiger charge is -2.43. The van der Waals surface area contributed by atoms with Gasteiger partial charge in [0.2, 0.25) is 12.3 Å². The van der Waals surface area contributed by atoms with E-state index in [0.717, 1.165) is 22.0 Å². The van der Waals surface area contributed by atoms with Crippen molar-refractivity contribution in [1.29, 1.82) is 0 Å². The molecule has 6 nitrogen and oxygen atoms in total. The minimum Gasteiger partial charge on any atom is -0.423 e. The van der Waals surface area contributed by atoms with E-state index in [1.807, 2.05) is 18.3 Å². The van der Waals surface area contributed by atoms with Gasteiger partial charge in [0.25, 0.3) is 0 Å². The van der Waals surface area contributed by atoms with Crippen molar-refractivity contribution in [2.75, 3.05) is 5.32 Å². The van der Waals surface area contributed by atoms with Gasteiger partial charge in [-0.3, -0.25) is 5.10 Å². The molecule has 2 bridgehead atoms. The highest BCUT2D eigenvalue weighted by atomic mass is 19.1. The Hall–Kier alpha value is -3.22. The normalized spacial score (nSPS) is 29.0. The van der Waals surface area contributed by atoms with Crippen LogP contribution in [0.4, 0.5) is 10.1 Å². The van der Waals surface area contributed by atoms with Crippen LogP contribution in [0.1, 0.15) is 42.3 Å². The average Bonchev–Trinajstić information content (AvgIpc) is 3.58. The van der Waals surface area contributed by atoms with Crippen LogP contribution in [0.25, 0.3) is 22.4 Å². The van der Waals surface area contributed by atoms with E-state index in [-0.39, 0.29) is 11.9 Å². The van der Waals surface area contributed by atoms with Crippen molar-refractivity contribution in [2.24, 2.45) is 17.8 Å². The zero-order valence-electron chi connectivity index (χ0n) is 16.2. The summed E-state index contributed by atoms with van der Waals surface area (Å²) in [6.45, 7) is 0. The third-order valence-corrected chi connectivity index (χ3v) is 7.61. The van der Waals surface area contributed by atoms with Gasteiger partial charge in [-0.2, -0.15) is 5.10 Å². The van der Waals surface area contributed by atoms with Gasteiger partial charge in [-0.05, 0) is 66.2 Å². The van der Waals surface area contributed by atoms with Crippen molar-refractivity contribution >= 4 is 16.6 Å². The molecule has 5 unspecified atom stereocenters. The molecule has 4 aromatic rings. The van der Waals surface area contributed by atoms with E-state index in [1.165, 1.54) is 31.2 Å². The molecule has 2 aliphatic carbocycles. The molecule has 5 atom stereocenters. The summed E-state index contributed by atoms with van der Waals surface area (Å²) in [5, 5.41) is 19.6. The molecule has 0 spiro atoms. The maximum Gasteiger partial charge on any atom is 0.247 e. The minimum atomic E-state index is -0.199. The van der Waals surface area contributed by atoms with Gasteiger partial charge in [0.1, 0.15) is 5.82 Å². The first-order valence-electron chi connectivity index (χ1n) is 10.6. The quantitative estimate of drug-likeness (QED) is 0.491. The lowest BCUT2D eigenvalue weighted by molar-refractivity contribution is 0.247. The molecule has 2 aromatic heterocycles. The molecule has 2 saturated carbocycles. The second-order valence-corrected chi connectivity index (χ2v) is 8.90. The number of hydrogen-bond acceptors (Lipinski definition) is 5. The second-order valence-electron chi connectivity index (χ2n) is 8.90. The Bertz CT molecular complexity index is 1250. The van der Waals surface area contributed by atoms with E-state index in [4.69, 9.17) is 4.42 Å². The fraction of sp³-hybridized carbons (Fsp3) is 0.348. The van der Waals surface area contributed by atoms with E-state index in [2.05, 4.69) is 37.8 Å². The highest BCUT2D eigenvalue weighted by Crippen LogP contribution is 2.64. The summed E-state index contributed by atoms with van der Waals surface area (Å²) >= 11 is 0. The van der Waals surface area contributed by atoms with Gasteiger partial charge in [0, 0.05) is 17.0 Å². The molecule has 2 N–H and O–H groups in total. The average molecular weight is 401 g/mol. The molecule has 150 valence electrons. The molecular weight excluding hydrogens is 381 g/mol. The smallest absolute Gasteiger partial charge is 0.247 e. The summed E-state index contributed by atoms with van der Waals surface area (Å²) < 4.78 is 20.5. The maximum atomic E-state index is 15.2. The van der Waals surface area contributed by atoms with Crippen molar-refractivity contribution in [2.45, 2.75) is 31.2 Å². The zero-order chi connectivity index (χ0) is 19.8. The predicted octanol–water partition coefficient (Wildman–Crippen LogP) is 5.05. The Kier molecular flexibility index (Phi) is 3.26. The summed E-state index contributed by atoms with van der Waals surface area (Å²) in [6.07, 6.45) is 6.94. The first-order valence-corrected chi connectivity index (χ1v) is 10.6. The largest absolute Gasteiger partial charge is 0.423 e. The molecule has 3 heterocycles. The number of aromatic nitrogens is 4. The molecule has 0 amide bonds. The Balaban J connectivity index is 1.37. The van der Waals surface area contributed by atoms with Crippen molar-refractivity contribution in [1.82, 2.24) is 20.4 Å². The topological polar surface area (TPSA) is 79.6 Å². The Morgan fingerprint density at radius 2 is 1.97 bits per heavy atom. The van der Waals surface area contributed by atoms with Gasteiger partial charge in [0.15, 0.2) is 0 Å². The Morgan fingerprint density at radius 1 is 1.10 bits per heavy atom. The lowest BCUT2D eigenvalue weighted by atomic mass is 9.67. The summed E-state index contributed by atoms with van der Waals surface area (Å²) in [5.41, 5.74) is 4.65. The van der Waals surface area contributed by atoms with Crippen LogP contribution >= 0.6 is 0 Å². The number of fused-ring (bicyclic) bond motifs is 9.